The summed E-state index contributed by atoms with van der Waals surface area (Å²) in [7, 11) is -2.34. The van der Waals surface area contributed by atoms with Crippen molar-refractivity contribution >= 4 is 16.5 Å². The van der Waals surface area contributed by atoms with Crippen LogP contribution in [0.1, 0.15) is 0 Å². The molecule has 0 aromatic heterocycles. The number of hydrogen-bond acceptors (Lipinski definition) is 1. The lowest BCUT2D eigenvalue weighted by atomic mass is 10.5. The van der Waals surface area contributed by atoms with Crippen molar-refractivity contribution in [1.82, 2.24) is 4.65 Å². The summed E-state index contributed by atoms with van der Waals surface area (Å²) in [6.45, 7) is 9.76. The molecular formula is C9H17NSi2. The van der Waals surface area contributed by atoms with E-state index < -0.39 is 16.5 Å². The topological polar surface area (TPSA) is 12.0 Å². The second kappa shape index (κ2) is 2.22. The van der Waals surface area contributed by atoms with Crippen molar-refractivity contribution < 1.29 is 0 Å². The van der Waals surface area contributed by atoms with Crippen LogP contribution in [0.15, 0.2) is 23.4 Å². The van der Waals surface area contributed by atoms with Crippen molar-refractivity contribution in [3.8, 4) is 0 Å². The van der Waals surface area contributed by atoms with Crippen LogP contribution in [0, 0.1) is 0 Å². The largest absolute Gasteiger partial charge is 0.356 e. The minimum atomic E-state index is -1.20. The van der Waals surface area contributed by atoms with Crippen molar-refractivity contribution in [2.75, 3.05) is 0 Å². The fraction of sp³-hybridized carbons (Fsp3) is 0.556. The van der Waals surface area contributed by atoms with Gasteiger partial charge in [0.1, 0.15) is 16.5 Å². The molecule has 1 heterocycles. The molecule has 2 aliphatic rings. The second-order valence-electron chi connectivity index (χ2n) is 4.96. The molecule has 0 saturated carbocycles. The normalized spacial score (nSPS) is 35.0. The highest BCUT2D eigenvalue weighted by atomic mass is 28.4. The van der Waals surface area contributed by atoms with Crippen LogP contribution >= 0.6 is 0 Å². The van der Waals surface area contributed by atoms with E-state index in [0.717, 1.165) is 5.54 Å². The van der Waals surface area contributed by atoms with Gasteiger partial charge in [0.05, 0.1) is 0 Å². The summed E-state index contributed by atoms with van der Waals surface area (Å²) in [4.78, 5) is 0. The average molecular weight is 195 g/mol. The van der Waals surface area contributed by atoms with E-state index in [9.17, 15) is 0 Å². The molecule has 1 fully saturated rings. The molecule has 0 radical (unpaired) electrons. The predicted octanol–water partition coefficient (Wildman–Crippen LogP) is 2.41. The molecule has 0 aromatic carbocycles. The molecule has 1 unspecified atom stereocenters. The predicted molar refractivity (Wildman–Crippen MR) is 59.1 cm³/mol. The molecule has 0 amide bonds. The summed E-state index contributed by atoms with van der Waals surface area (Å²) in [6, 6.07) is 0. The Hall–Kier alpha value is -0.126. The Morgan fingerprint density at radius 1 is 1.25 bits per heavy atom. The molecular weight excluding hydrogens is 178 g/mol. The van der Waals surface area contributed by atoms with Gasteiger partial charge >= 0.3 is 0 Å². The lowest BCUT2D eigenvalue weighted by Gasteiger charge is -2.23. The smallest absolute Gasteiger partial charge is 0.141 e. The minimum Gasteiger partial charge on any atom is -0.356 e. The number of nitrogens with one attached hydrogen (secondary N) is 1. The quantitative estimate of drug-likeness (QED) is 0.585. The van der Waals surface area contributed by atoms with Crippen molar-refractivity contribution in [3.05, 3.63) is 23.4 Å². The van der Waals surface area contributed by atoms with Gasteiger partial charge < -0.3 is 4.65 Å². The molecule has 0 bridgehead atoms. The SMILES string of the molecule is C[Si]1(C)N[Si](C)(C)C2C=CC=C21. The Kier molecular flexibility index (Phi) is 1.56. The van der Waals surface area contributed by atoms with Crippen molar-refractivity contribution in [1.29, 1.82) is 0 Å². The highest BCUT2D eigenvalue weighted by molar-refractivity contribution is 7.01. The zero-order valence-corrected chi connectivity index (χ0v) is 10.3. The molecule has 0 spiro atoms. The number of fused-ring (bicyclic) bond motifs is 1. The van der Waals surface area contributed by atoms with Gasteiger partial charge in [0.25, 0.3) is 0 Å². The third-order valence-corrected chi connectivity index (χ3v) is 12.4. The molecule has 1 N–H and O–H groups in total. The number of rotatable bonds is 0. The zero-order chi connectivity index (χ0) is 8.98. The van der Waals surface area contributed by atoms with Crippen LogP contribution in [0.3, 0.4) is 0 Å². The molecule has 1 saturated heterocycles. The molecule has 1 aliphatic heterocycles. The molecule has 1 atom stereocenters. The third-order valence-electron chi connectivity index (χ3n) is 3.05. The van der Waals surface area contributed by atoms with Gasteiger partial charge in [-0.2, -0.15) is 0 Å². The van der Waals surface area contributed by atoms with Gasteiger partial charge in [0.15, 0.2) is 0 Å². The van der Waals surface area contributed by atoms with Crippen molar-refractivity contribution in [3.63, 3.8) is 0 Å². The van der Waals surface area contributed by atoms with Crippen LogP contribution in [-0.2, 0) is 0 Å². The number of allylic oxidation sites excluding steroid dienone is 4. The Bertz CT molecular complexity index is 276. The fourth-order valence-corrected chi connectivity index (χ4v) is 15.3. The first kappa shape index (κ1) is 8.47. The Morgan fingerprint density at radius 3 is 2.50 bits per heavy atom. The van der Waals surface area contributed by atoms with Gasteiger partial charge in [-0.1, -0.05) is 49.6 Å². The van der Waals surface area contributed by atoms with Crippen LogP contribution in [0.4, 0.5) is 0 Å². The van der Waals surface area contributed by atoms with Gasteiger partial charge in [0, 0.05) is 5.54 Å². The monoisotopic (exact) mass is 195 g/mol. The minimum absolute atomic E-state index is 0.805. The first-order chi connectivity index (χ1) is 5.43. The molecule has 1 aliphatic carbocycles. The van der Waals surface area contributed by atoms with Crippen molar-refractivity contribution in [2.24, 2.45) is 0 Å². The maximum Gasteiger partial charge on any atom is 0.141 e. The van der Waals surface area contributed by atoms with E-state index in [-0.39, 0.29) is 0 Å². The van der Waals surface area contributed by atoms with E-state index in [1.807, 2.05) is 0 Å². The Morgan fingerprint density at radius 2 is 1.92 bits per heavy atom. The van der Waals surface area contributed by atoms with Crippen LogP contribution in [0.5, 0.6) is 0 Å². The third kappa shape index (κ3) is 1.00. The van der Waals surface area contributed by atoms with Gasteiger partial charge in [-0.3, -0.25) is 0 Å². The standard InChI is InChI=1S/C9H17NSi2/c1-11(2)8-6-5-7-9(8)12(3,4)10-11/h5-8,10H,1-4H3. The first-order valence-corrected chi connectivity index (χ1v) is 10.7. The van der Waals surface area contributed by atoms with E-state index in [1.165, 1.54) is 0 Å². The lowest BCUT2D eigenvalue weighted by molar-refractivity contribution is 1.25. The van der Waals surface area contributed by atoms with Crippen LogP contribution in [0.2, 0.25) is 31.7 Å². The molecule has 66 valence electrons. The maximum absolute atomic E-state index is 3.93. The van der Waals surface area contributed by atoms with E-state index in [1.54, 1.807) is 5.20 Å². The molecule has 2 rings (SSSR count). The summed E-state index contributed by atoms with van der Waals surface area (Å²) in [6.07, 6.45) is 7.01. The summed E-state index contributed by atoms with van der Waals surface area (Å²) >= 11 is 0. The van der Waals surface area contributed by atoms with E-state index >= 15 is 0 Å². The van der Waals surface area contributed by atoms with Crippen LogP contribution in [0.25, 0.3) is 0 Å². The average Bonchev–Trinajstić information content (AvgIpc) is 2.34. The first-order valence-electron chi connectivity index (χ1n) is 4.62. The van der Waals surface area contributed by atoms with E-state index in [2.05, 4.69) is 49.1 Å². The van der Waals surface area contributed by atoms with Gasteiger partial charge in [-0.15, -0.1) is 0 Å². The van der Waals surface area contributed by atoms with Gasteiger partial charge in [-0.25, -0.2) is 0 Å². The second-order valence-corrected chi connectivity index (χ2v) is 13.8. The molecule has 3 heteroatoms. The summed E-state index contributed by atoms with van der Waals surface area (Å²) in [5, 5.41) is 1.74. The zero-order valence-electron chi connectivity index (χ0n) is 8.31. The van der Waals surface area contributed by atoms with E-state index in [0.29, 0.717) is 0 Å². The van der Waals surface area contributed by atoms with Crippen LogP contribution in [-0.4, -0.2) is 16.5 Å². The summed E-state index contributed by atoms with van der Waals surface area (Å²) in [5.41, 5.74) is 0.805. The van der Waals surface area contributed by atoms with Crippen molar-refractivity contribution in [2.45, 2.75) is 31.7 Å². The summed E-state index contributed by atoms with van der Waals surface area (Å²) < 4.78 is 3.93. The van der Waals surface area contributed by atoms with Crippen LogP contribution < -0.4 is 4.65 Å². The highest BCUT2D eigenvalue weighted by Crippen LogP contribution is 2.44. The molecule has 1 nitrogen and oxygen atoms in total. The highest BCUT2D eigenvalue weighted by Gasteiger charge is 2.50. The van der Waals surface area contributed by atoms with Gasteiger partial charge in [-0.05, 0) is 0 Å². The Labute approximate surface area is 76.7 Å². The molecule has 0 aromatic rings. The lowest BCUT2D eigenvalue weighted by Crippen LogP contribution is -2.52. The number of hydrogen-bond donors (Lipinski definition) is 1. The molecule has 12 heavy (non-hydrogen) atoms. The maximum atomic E-state index is 3.93. The fourth-order valence-electron chi connectivity index (χ4n) is 2.66. The van der Waals surface area contributed by atoms with E-state index in [4.69, 9.17) is 0 Å². The van der Waals surface area contributed by atoms with Gasteiger partial charge in [0.2, 0.25) is 0 Å². The Balaban J connectivity index is 2.44. The summed E-state index contributed by atoms with van der Waals surface area (Å²) in [5.74, 6) is 0.